The topological polar surface area (TPSA) is 171 Å². The van der Waals surface area contributed by atoms with Crippen LogP contribution in [0.2, 0.25) is 0 Å². The summed E-state index contributed by atoms with van der Waals surface area (Å²) in [5, 5.41) is 9.94. The second-order valence-corrected chi connectivity index (χ2v) is 11.0. The average molecular weight is 639 g/mol. The third-order valence-corrected chi connectivity index (χ3v) is 7.79. The number of carboxylic acids is 1. The number of rotatable bonds is 7. The maximum atomic E-state index is 13.4. The molecule has 0 radical (unpaired) electrons. The Morgan fingerprint density at radius 2 is 1.64 bits per heavy atom. The predicted molar refractivity (Wildman–Crippen MR) is 156 cm³/mol. The van der Waals surface area contributed by atoms with Crippen molar-refractivity contribution < 1.29 is 57.6 Å². The van der Waals surface area contributed by atoms with Crippen molar-refractivity contribution in [2.45, 2.75) is 34.1 Å². The van der Waals surface area contributed by atoms with E-state index in [1.165, 1.54) is 0 Å². The monoisotopic (exact) mass is 638 g/mol. The highest BCUT2D eigenvalue weighted by molar-refractivity contribution is 6.03. The molecule has 45 heavy (non-hydrogen) atoms. The molecule has 0 amide bonds. The first-order valence-electron chi connectivity index (χ1n) is 14.6. The van der Waals surface area contributed by atoms with Gasteiger partial charge >= 0.3 is 11.9 Å². The highest BCUT2D eigenvalue weighted by atomic mass is 35.7. The van der Waals surface area contributed by atoms with Crippen LogP contribution in [-0.4, -0.2) is 53.5 Å². The number of esters is 1. The highest BCUT2D eigenvalue weighted by Gasteiger charge is 2.35. The molecule has 0 saturated carbocycles. The minimum Gasteiger partial charge on any atom is -0.478 e. The molecule has 2 aromatic carbocycles. The smallest absolute Gasteiger partial charge is 0.342 e. The molecule has 0 spiro atoms. The molecule has 2 heterocycles. The fraction of sp³-hybridized carbons (Fsp3) is 0.303. The number of carbonyl (C=O) groups excluding carboxylic acids is 1. The molecule has 2 aliphatic heterocycles. The maximum Gasteiger partial charge on any atom is 0.342 e. The Kier molecular flexibility index (Phi) is 10.6. The zero-order valence-corrected chi connectivity index (χ0v) is 26.2. The molecule has 0 aromatic heterocycles. The number of aromatic carboxylic acids is 1. The van der Waals surface area contributed by atoms with Gasteiger partial charge in [0.25, 0.3) is 0 Å². The van der Waals surface area contributed by atoms with E-state index in [0.717, 1.165) is 43.1 Å². The second kappa shape index (κ2) is 14.2. The van der Waals surface area contributed by atoms with Crippen LogP contribution in [0.1, 0.15) is 55.6 Å². The van der Waals surface area contributed by atoms with Crippen LogP contribution in [0, 0.1) is 16.2 Å². The van der Waals surface area contributed by atoms with Crippen LogP contribution in [0.4, 0.5) is 5.69 Å². The number of hydrogen-bond donors (Lipinski definition) is 1. The fourth-order valence-electron chi connectivity index (χ4n) is 5.58. The maximum absolute atomic E-state index is 13.4. The SMILES string of the molecule is CCN(CC)c1ccc2c(c1)O/C(=C1\CC3C=CC(=[N+](CC)CC)C=C3OC1=O)C=C2c1ccccc1C(=O)O.[O-][Cl+3]([O-])([O-])[O-]. The molecule has 5 rings (SSSR count). The summed E-state index contributed by atoms with van der Waals surface area (Å²) >= 11 is 0. The van der Waals surface area contributed by atoms with Gasteiger partial charge in [-0.05, 0) is 69.5 Å². The lowest BCUT2D eigenvalue weighted by molar-refractivity contribution is -2.00. The van der Waals surface area contributed by atoms with Crippen molar-refractivity contribution in [3.05, 3.63) is 101 Å². The van der Waals surface area contributed by atoms with Gasteiger partial charge in [-0.3, -0.25) is 0 Å². The van der Waals surface area contributed by atoms with E-state index in [4.69, 9.17) is 28.1 Å². The molecule has 2 aromatic rings. The fourth-order valence-corrected chi connectivity index (χ4v) is 5.58. The van der Waals surface area contributed by atoms with E-state index in [2.05, 4.69) is 49.3 Å². The van der Waals surface area contributed by atoms with Gasteiger partial charge in [-0.15, -0.1) is 10.2 Å². The van der Waals surface area contributed by atoms with Crippen molar-refractivity contribution in [3.63, 3.8) is 0 Å². The predicted octanol–water partition coefficient (Wildman–Crippen LogP) is 1.06. The van der Waals surface area contributed by atoms with Gasteiger partial charge in [-0.25, -0.2) is 32.8 Å². The summed E-state index contributed by atoms with van der Waals surface area (Å²) in [6, 6.07) is 12.9. The van der Waals surface area contributed by atoms with Gasteiger partial charge in [-0.2, -0.15) is 0 Å². The number of carbonyl (C=O) groups is 2. The van der Waals surface area contributed by atoms with Crippen molar-refractivity contribution in [1.82, 2.24) is 0 Å². The largest absolute Gasteiger partial charge is 0.478 e. The molecule has 1 fully saturated rings. The molecular weight excluding hydrogens is 604 g/mol. The first kappa shape index (κ1) is 33.6. The van der Waals surface area contributed by atoms with Crippen LogP contribution in [0.5, 0.6) is 5.75 Å². The van der Waals surface area contributed by atoms with Crippen LogP contribution >= 0.6 is 0 Å². The lowest BCUT2D eigenvalue weighted by Crippen LogP contribution is -2.68. The van der Waals surface area contributed by atoms with E-state index in [-0.39, 0.29) is 11.5 Å². The number of carboxylic acid groups (broad SMARTS) is 1. The lowest BCUT2D eigenvalue weighted by atomic mass is 9.87. The van der Waals surface area contributed by atoms with Gasteiger partial charge in [0.15, 0.2) is 0 Å². The minimum atomic E-state index is -4.94. The van der Waals surface area contributed by atoms with Crippen LogP contribution in [0.25, 0.3) is 5.57 Å². The second-order valence-electron chi connectivity index (χ2n) is 10.3. The Balaban J connectivity index is 0.000000854. The molecule has 1 atom stereocenters. The Labute approximate surface area is 263 Å². The van der Waals surface area contributed by atoms with Crippen molar-refractivity contribution >= 4 is 28.9 Å². The van der Waals surface area contributed by atoms with Gasteiger partial charge < -0.3 is 19.5 Å². The number of hydrogen-bond acceptors (Lipinski definition) is 9. The molecule has 0 bridgehead atoms. The van der Waals surface area contributed by atoms with E-state index >= 15 is 0 Å². The summed E-state index contributed by atoms with van der Waals surface area (Å²) in [7, 11) is -4.94. The van der Waals surface area contributed by atoms with E-state index in [1.54, 1.807) is 24.3 Å². The Hall–Kier alpha value is -4.26. The molecule has 1 saturated heterocycles. The van der Waals surface area contributed by atoms with Crippen molar-refractivity contribution in [2.75, 3.05) is 31.1 Å². The number of allylic oxidation sites excluding steroid dienone is 4. The van der Waals surface area contributed by atoms with Gasteiger partial charge in [0, 0.05) is 48.5 Å². The molecule has 238 valence electrons. The molecule has 3 aliphatic rings. The quantitative estimate of drug-likeness (QED) is 0.263. The molecule has 12 heteroatoms. The van der Waals surface area contributed by atoms with E-state index in [9.17, 15) is 14.7 Å². The number of nitrogens with zero attached hydrogens (tertiary/aromatic N) is 2. The van der Waals surface area contributed by atoms with Gasteiger partial charge in [0.2, 0.25) is 5.71 Å². The highest BCUT2D eigenvalue weighted by Crippen LogP contribution is 2.43. The van der Waals surface area contributed by atoms with Gasteiger partial charge in [0.1, 0.15) is 30.4 Å². The van der Waals surface area contributed by atoms with Crippen molar-refractivity contribution in [3.8, 4) is 5.75 Å². The van der Waals surface area contributed by atoms with Gasteiger partial charge in [0.05, 0.1) is 11.1 Å². The van der Waals surface area contributed by atoms with E-state index < -0.39 is 22.2 Å². The minimum absolute atomic E-state index is 0.0883. The lowest BCUT2D eigenvalue weighted by Gasteiger charge is -2.29. The van der Waals surface area contributed by atoms with Gasteiger partial charge in [-0.1, -0.05) is 24.3 Å². The summed E-state index contributed by atoms with van der Waals surface area (Å²) in [6.45, 7) is 11.8. The zero-order chi connectivity index (χ0) is 32.9. The summed E-state index contributed by atoms with van der Waals surface area (Å²) in [6.07, 6.45) is 8.33. The average Bonchev–Trinajstić information content (AvgIpc) is 3.00. The molecule has 11 nitrogen and oxygen atoms in total. The molecule has 1 N–H and O–H groups in total. The summed E-state index contributed by atoms with van der Waals surface area (Å²) in [4.78, 5) is 27.7. The van der Waals surface area contributed by atoms with E-state index in [0.29, 0.717) is 40.4 Å². The van der Waals surface area contributed by atoms with Crippen LogP contribution in [0.3, 0.4) is 0 Å². The van der Waals surface area contributed by atoms with Crippen LogP contribution in [-0.2, 0) is 9.53 Å². The summed E-state index contributed by atoms with van der Waals surface area (Å²) in [5.41, 5.74) is 4.67. The molecule has 1 unspecified atom stereocenters. The van der Waals surface area contributed by atoms with Crippen molar-refractivity contribution in [2.24, 2.45) is 5.92 Å². The Morgan fingerprint density at radius 1 is 0.978 bits per heavy atom. The van der Waals surface area contributed by atoms with E-state index in [1.807, 2.05) is 30.3 Å². The summed E-state index contributed by atoms with van der Waals surface area (Å²) in [5.74, 6) is 0.0504. The number of fused-ring (bicyclic) bond motifs is 2. The Morgan fingerprint density at radius 3 is 2.27 bits per heavy atom. The summed E-state index contributed by atoms with van der Waals surface area (Å²) < 4.78 is 48.5. The Bertz CT molecular complexity index is 1620. The van der Waals surface area contributed by atoms with Crippen LogP contribution < -0.4 is 28.3 Å². The number of ether oxygens (including phenoxy) is 2. The number of anilines is 1. The third-order valence-electron chi connectivity index (χ3n) is 7.79. The first-order valence-corrected chi connectivity index (χ1v) is 15.8. The van der Waals surface area contributed by atoms with Crippen LogP contribution in [0.15, 0.2) is 83.9 Å². The number of benzene rings is 2. The first-order chi connectivity index (χ1) is 21.4. The molecule has 1 aliphatic carbocycles. The molecular formula is C33H35ClN2O9. The third kappa shape index (κ3) is 7.88. The van der Waals surface area contributed by atoms with Crippen molar-refractivity contribution in [1.29, 1.82) is 0 Å². The zero-order valence-electron chi connectivity index (χ0n) is 25.4. The normalized spacial score (nSPS) is 18.7. The standard InChI is InChI=1S/C33H34N2O5.ClHO4/c1-5-34(6-2)22-14-13-21-17-28(33(38)40-29(21)18-22)31-20-27(24-11-9-10-12-26(24)32(36)37)25-16-15-23(19-30(25)39-31)35(7-3)8-4;2-1(3,4)5/h9-16,18-21H,5-8,17H2,1-4H3;(H,2,3,4,5)/b31-28+;. The number of halogens is 1.